The lowest BCUT2D eigenvalue weighted by Gasteiger charge is -2.28. The molecule has 3 heteroatoms. The van der Waals surface area contributed by atoms with Gasteiger partial charge in [-0.15, -0.1) is 0 Å². The maximum atomic E-state index is 6.61. The standard InChI is InChI=1S/C35H57BrO2/c1-10-26(3)27(4)16-14-25(2)15-17-31-24-33(36)34(13-11-12-28(31)5)38-32-20-18-30(19-21-32)29(6)22-23-37-35(7,8)9/h13-14,24,26-27,32H,10-12,15-23H2,1-9H3. The smallest absolute Gasteiger partial charge is 0.129 e. The average molecular weight is 590 g/mol. The Balaban J connectivity index is 1.91. The molecule has 0 aromatic heterocycles. The van der Waals surface area contributed by atoms with Crippen LogP contribution in [0.4, 0.5) is 0 Å². The van der Waals surface area contributed by atoms with E-state index >= 15 is 0 Å². The van der Waals surface area contributed by atoms with Crippen molar-refractivity contribution in [3.05, 3.63) is 56.3 Å². The number of rotatable bonds is 12. The van der Waals surface area contributed by atoms with E-state index in [0.717, 1.165) is 86.5 Å². The van der Waals surface area contributed by atoms with Gasteiger partial charge < -0.3 is 9.47 Å². The van der Waals surface area contributed by atoms with Gasteiger partial charge in [0.05, 0.1) is 22.8 Å². The molecule has 0 N–H and O–H groups in total. The van der Waals surface area contributed by atoms with Gasteiger partial charge in [0.15, 0.2) is 0 Å². The minimum atomic E-state index is -0.0580. The van der Waals surface area contributed by atoms with E-state index in [4.69, 9.17) is 9.47 Å². The van der Waals surface area contributed by atoms with E-state index in [9.17, 15) is 0 Å². The van der Waals surface area contributed by atoms with Crippen molar-refractivity contribution >= 4 is 15.9 Å². The molecule has 2 aliphatic carbocycles. The van der Waals surface area contributed by atoms with Crippen LogP contribution in [0.5, 0.6) is 0 Å². The molecule has 2 nitrogen and oxygen atoms in total. The van der Waals surface area contributed by atoms with E-state index in [-0.39, 0.29) is 5.60 Å². The van der Waals surface area contributed by atoms with Crippen LogP contribution in [0, 0.1) is 11.8 Å². The number of ether oxygens (including phenoxy) is 2. The Morgan fingerprint density at radius 2 is 1.76 bits per heavy atom. The molecular weight excluding hydrogens is 532 g/mol. The van der Waals surface area contributed by atoms with Crippen molar-refractivity contribution in [3.63, 3.8) is 0 Å². The molecule has 0 aromatic rings. The zero-order valence-electron chi connectivity index (χ0n) is 26.1. The summed E-state index contributed by atoms with van der Waals surface area (Å²) in [5.74, 6) is 2.59. The molecule has 2 rings (SSSR count). The molecule has 0 aliphatic heterocycles. The molecular formula is C35H57BrO2. The molecule has 0 saturated heterocycles. The maximum absolute atomic E-state index is 6.61. The molecule has 0 amide bonds. The summed E-state index contributed by atoms with van der Waals surface area (Å²) in [6.07, 6.45) is 19.8. The van der Waals surface area contributed by atoms with Crippen molar-refractivity contribution < 1.29 is 9.47 Å². The quantitative estimate of drug-likeness (QED) is 0.211. The first-order chi connectivity index (χ1) is 17.9. The highest BCUT2D eigenvalue weighted by molar-refractivity contribution is 9.12. The van der Waals surface area contributed by atoms with Crippen molar-refractivity contribution in [2.75, 3.05) is 6.61 Å². The third kappa shape index (κ3) is 12.0. The van der Waals surface area contributed by atoms with E-state index in [1.165, 1.54) is 35.1 Å². The Bertz CT molecular complexity index is 899. The van der Waals surface area contributed by atoms with E-state index < -0.39 is 0 Å². The van der Waals surface area contributed by atoms with Crippen LogP contribution in [0.2, 0.25) is 0 Å². The van der Waals surface area contributed by atoms with Gasteiger partial charge in [-0.25, -0.2) is 0 Å². The van der Waals surface area contributed by atoms with Crippen LogP contribution in [0.15, 0.2) is 56.3 Å². The van der Waals surface area contributed by atoms with Gasteiger partial charge in [0.1, 0.15) is 5.76 Å². The van der Waals surface area contributed by atoms with Crippen LogP contribution in [-0.2, 0) is 9.47 Å². The van der Waals surface area contributed by atoms with Gasteiger partial charge in [0.2, 0.25) is 0 Å². The van der Waals surface area contributed by atoms with Gasteiger partial charge in [-0.2, -0.15) is 0 Å². The largest absolute Gasteiger partial charge is 0.490 e. The lowest BCUT2D eigenvalue weighted by Crippen LogP contribution is -2.20. The summed E-state index contributed by atoms with van der Waals surface area (Å²) in [6, 6.07) is 0. The number of hydrogen-bond acceptors (Lipinski definition) is 2. The number of halogens is 1. The summed E-state index contributed by atoms with van der Waals surface area (Å²) in [5.41, 5.74) is 7.57. The minimum Gasteiger partial charge on any atom is -0.490 e. The molecule has 2 atom stereocenters. The fourth-order valence-electron chi connectivity index (χ4n) is 5.22. The Labute approximate surface area is 244 Å². The number of hydrogen-bond donors (Lipinski definition) is 0. The van der Waals surface area contributed by atoms with Gasteiger partial charge in [0.25, 0.3) is 0 Å². The lowest BCUT2D eigenvalue weighted by molar-refractivity contribution is -0.00110. The van der Waals surface area contributed by atoms with Crippen molar-refractivity contribution in [3.8, 4) is 0 Å². The van der Waals surface area contributed by atoms with Crippen molar-refractivity contribution in [1.82, 2.24) is 0 Å². The van der Waals surface area contributed by atoms with E-state index in [2.05, 4.69) is 96.5 Å². The molecule has 0 heterocycles. The molecule has 2 aliphatic rings. The molecule has 2 unspecified atom stereocenters. The molecule has 1 saturated carbocycles. The first-order valence-electron chi connectivity index (χ1n) is 15.3. The van der Waals surface area contributed by atoms with Crippen molar-refractivity contribution in [2.45, 2.75) is 145 Å². The van der Waals surface area contributed by atoms with Gasteiger partial charge in [-0.05, 0) is 151 Å². The predicted octanol–water partition coefficient (Wildman–Crippen LogP) is 11.5. The van der Waals surface area contributed by atoms with Crippen molar-refractivity contribution in [2.24, 2.45) is 11.8 Å². The van der Waals surface area contributed by atoms with Crippen LogP contribution in [0.25, 0.3) is 0 Å². The zero-order valence-corrected chi connectivity index (χ0v) is 27.7. The first kappa shape index (κ1) is 33.1. The summed E-state index contributed by atoms with van der Waals surface area (Å²) in [4.78, 5) is 0. The second-order valence-electron chi connectivity index (χ2n) is 13.0. The minimum absolute atomic E-state index is 0.0580. The fourth-order valence-corrected chi connectivity index (χ4v) is 5.75. The van der Waals surface area contributed by atoms with E-state index in [1.807, 2.05) is 0 Å². The third-order valence-corrected chi connectivity index (χ3v) is 9.24. The Morgan fingerprint density at radius 3 is 2.39 bits per heavy atom. The van der Waals surface area contributed by atoms with Crippen LogP contribution in [0.1, 0.15) is 133 Å². The summed E-state index contributed by atoms with van der Waals surface area (Å²) in [7, 11) is 0. The maximum Gasteiger partial charge on any atom is 0.129 e. The normalized spacial score (nSPS) is 21.4. The van der Waals surface area contributed by atoms with Gasteiger partial charge in [-0.3, -0.25) is 0 Å². The SMILES string of the molecule is CCC(C)C(C)CC=C(C)CCC1=C(C)CCC=C(OC2CCC(=C(C)CCOC(C)(C)C)CC2)C(Br)=C1. The highest BCUT2D eigenvalue weighted by Gasteiger charge is 2.22. The monoisotopic (exact) mass is 588 g/mol. The van der Waals surface area contributed by atoms with Crippen LogP contribution in [0.3, 0.4) is 0 Å². The summed E-state index contributed by atoms with van der Waals surface area (Å²) >= 11 is 3.89. The van der Waals surface area contributed by atoms with E-state index in [1.54, 1.807) is 5.57 Å². The Morgan fingerprint density at radius 1 is 1.08 bits per heavy atom. The second kappa shape index (κ2) is 16.3. The van der Waals surface area contributed by atoms with Gasteiger partial charge >= 0.3 is 0 Å². The lowest BCUT2D eigenvalue weighted by atomic mass is 9.88. The fraction of sp³-hybridized carbons (Fsp3) is 0.714. The topological polar surface area (TPSA) is 18.5 Å². The van der Waals surface area contributed by atoms with E-state index in [0.29, 0.717) is 6.10 Å². The van der Waals surface area contributed by atoms with Crippen LogP contribution < -0.4 is 0 Å². The highest BCUT2D eigenvalue weighted by atomic mass is 79.9. The van der Waals surface area contributed by atoms with Gasteiger partial charge in [-0.1, -0.05) is 55.6 Å². The molecule has 0 aromatic carbocycles. The number of allylic oxidation sites excluding steroid dienone is 8. The van der Waals surface area contributed by atoms with Gasteiger partial charge in [0, 0.05) is 0 Å². The second-order valence-corrected chi connectivity index (χ2v) is 13.8. The predicted molar refractivity (Wildman–Crippen MR) is 170 cm³/mol. The molecule has 38 heavy (non-hydrogen) atoms. The molecule has 1 fully saturated rings. The van der Waals surface area contributed by atoms with Crippen LogP contribution in [-0.4, -0.2) is 18.3 Å². The molecule has 0 radical (unpaired) electrons. The molecule has 0 bridgehead atoms. The van der Waals surface area contributed by atoms with Crippen LogP contribution >= 0.6 is 15.9 Å². The first-order valence-corrected chi connectivity index (χ1v) is 16.1. The molecule has 216 valence electrons. The summed E-state index contributed by atoms with van der Waals surface area (Å²) in [6.45, 7) is 21.2. The molecule has 0 spiro atoms. The third-order valence-electron chi connectivity index (χ3n) is 8.62. The van der Waals surface area contributed by atoms with Crippen molar-refractivity contribution in [1.29, 1.82) is 0 Å². The Kier molecular flexibility index (Phi) is 14.2. The summed E-state index contributed by atoms with van der Waals surface area (Å²) in [5, 5.41) is 0. The zero-order chi connectivity index (χ0) is 28.3. The summed E-state index contributed by atoms with van der Waals surface area (Å²) < 4.78 is 13.7. The Hall–Kier alpha value is -1.06. The average Bonchev–Trinajstić information content (AvgIpc) is 2.87. The highest BCUT2D eigenvalue weighted by Crippen LogP contribution is 2.35.